The largest absolute Gasteiger partial charge is 0.385 e. The van der Waals surface area contributed by atoms with Crippen LogP contribution in [0, 0.1) is 29.6 Å². The Bertz CT molecular complexity index is 1620. The van der Waals surface area contributed by atoms with Gasteiger partial charge in [-0.2, -0.15) is 5.26 Å². The van der Waals surface area contributed by atoms with Gasteiger partial charge in [-0.05, 0) is 56.2 Å². The third kappa shape index (κ3) is 3.18. The molecule has 1 unspecified atom stereocenters. The molecule has 2 aliphatic rings. The lowest BCUT2D eigenvalue weighted by Crippen LogP contribution is -2.43. The fourth-order valence-electron chi connectivity index (χ4n) is 5.55. The van der Waals surface area contributed by atoms with E-state index in [1.165, 1.54) is 0 Å². The van der Waals surface area contributed by atoms with Gasteiger partial charge in [0.25, 0.3) is 0 Å². The van der Waals surface area contributed by atoms with Crippen LogP contribution >= 0.6 is 0 Å². The SMILES string of the molecule is Cc1ccccc1S(=O)(=O)c1nc2[nH]ccc2c2c1nc([C@@H](C)O)n2N1CCC2(CC1)CC2C#N. The first-order valence-corrected chi connectivity index (χ1v) is 13.3. The molecule has 2 fully saturated rings. The summed E-state index contributed by atoms with van der Waals surface area (Å²) in [5, 5.41) is 22.8. The number of fused-ring (bicyclic) bond motifs is 3. The number of nitrogens with zero attached hydrogens (tertiary/aromatic N) is 5. The Balaban J connectivity index is 1.58. The van der Waals surface area contributed by atoms with Gasteiger partial charge in [-0.1, -0.05) is 18.2 Å². The monoisotopic (exact) mass is 490 g/mol. The second-order valence-corrected chi connectivity index (χ2v) is 11.6. The molecular formula is C25H26N6O3S. The van der Waals surface area contributed by atoms with Gasteiger partial charge in [0.05, 0.1) is 16.9 Å². The molecule has 10 heteroatoms. The van der Waals surface area contributed by atoms with Crippen molar-refractivity contribution in [1.29, 1.82) is 5.26 Å². The molecule has 3 aromatic heterocycles. The average molecular weight is 491 g/mol. The van der Waals surface area contributed by atoms with E-state index in [1.54, 1.807) is 44.3 Å². The molecule has 0 bridgehead atoms. The highest BCUT2D eigenvalue weighted by molar-refractivity contribution is 7.91. The zero-order valence-electron chi connectivity index (χ0n) is 19.6. The number of hydrogen-bond donors (Lipinski definition) is 2. The third-order valence-electron chi connectivity index (χ3n) is 7.65. The summed E-state index contributed by atoms with van der Waals surface area (Å²) in [5.41, 5.74) is 2.03. The summed E-state index contributed by atoms with van der Waals surface area (Å²) in [7, 11) is -3.99. The molecule has 9 nitrogen and oxygen atoms in total. The van der Waals surface area contributed by atoms with E-state index in [1.807, 2.05) is 10.7 Å². The van der Waals surface area contributed by atoms with Gasteiger partial charge in [-0.25, -0.2) is 23.1 Å². The van der Waals surface area contributed by atoms with Gasteiger partial charge in [-0.3, -0.25) is 0 Å². The Morgan fingerprint density at radius 1 is 1.23 bits per heavy atom. The van der Waals surface area contributed by atoms with Crippen LogP contribution < -0.4 is 5.01 Å². The van der Waals surface area contributed by atoms with Crippen LogP contribution in [0.4, 0.5) is 0 Å². The van der Waals surface area contributed by atoms with Crippen molar-refractivity contribution in [1.82, 2.24) is 19.6 Å². The molecule has 2 atom stereocenters. The molecular weight excluding hydrogens is 464 g/mol. The highest BCUT2D eigenvalue weighted by Gasteiger charge is 2.55. The van der Waals surface area contributed by atoms with Crippen LogP contribution in [0.3, 0.4) is 0 Å². The van der Waals surface area contributed by atoms with Crippen LogP contribution in [0.1, 0.15) is 43.7 Å². The van der Waals surface area contributed by atoms with E-state index in [9.17, 15) is 18.8 Å². The van der Waals surface area contributed by atoms with Crippen molar-refractivity contribution in [2.45, 2.75) is 49.1 Å². The number of pyridine rings is 1. The van der Waals surface area contributed by atoms with E-state index in [2.05, 4.69) is 26.0 Å². The normalized spacial score (nSPS) is 20.4. The maximum Gasteiger partial charge on any atom is 0.226 e. The number of H-pyrrole nitrogens is 1. The quantitative estimate of drug-likeness (QED) is 0.449. The van der Waals surface area contributed by atoms with Gasteiger partial charge in [0.15, 0.2) is 10.9 Å². The Hall–Kier alpha value is -3.42. The molecule has 0 amide bonds. The number of aliphatic hydroxyl groups excluding tert-OH is 1. The van der Waals surface area contributed by atoms with Crippen molar-refractivity contribution in [3.8, 4) is 6.07 Å². The summed E-state index contributed by atoms with van der Waals surface area (Å²) in [6, 6.07) is 11.1. The first-order chi connectivity index (χ1) is 16.8. The van der Waals surface area contributed by atoms with Crippen LogP contribution in [-0.2, 0) is 9.84 Å². The smallest absolute Gasteiger partial charge is 0.226 e. The predicted molar refractivity (Wildman–Crippen MR) is 130 cm³/mol. The molecule has 6 rings (SSSR count). The van der Waals surface area contributed by atoms with Crippen LogP contribution in [0.5, 0.6) is 0 Å². The van der Waals surface area contributed by atoms with Crippen LogP contribution in [0.2, 0.25) is 0 Å². The number of imidazole rings is 1. The number of aryl methyl sites for hydroxylation is 1. The fraction of sp³-hybridized carbons (Fsp3) is 0.400. The van der Waals surface area contributed by atoms with E-state index >= 15 is 0 Å². The molecule has 180 valence electrons. The Morgan fingerprint density at radius 2 is 1.97 bits per heavy atom. The standard InChI is InChI=1S/C25H26N6O3S/c1-15-5-3-4-6-19(15)35(33,34)24-20-21(18-7-10-27-22(18)29-24)31(23(28-20)16(2)32)30-11-8-25(9-12-30)13-17(25)14-26/h3-7,10,16-17,32H,8-9,11-13H2,1-2H3,(H,27,29)/t16-,17?/m1/s1. The number of sulfone groups is 1. The second-order valence-electron chi connectivity index (χ2n) is 9.78. The van der Waals surface area contributed by atoms with Gasteiger partial charge in [0.1, 0.15) is 22.8 Å². The Morgan fingerprint density at radius 3 is 2.63 bits per heavy atom. The topological polar surface area (TPSA) is 128 Å². The highest BCUT2D eigenvalue weighted by Crippen LogP contribution is 2.58. The van der Waals surface area contributed by atoms with Gasteiger partial charge < -0.3 is 15.1 Å². The molecule has 1 saturated heterocycles. The average Bonchev–Trinajstić information content (AvgIpc) is 3.15. The van der Waals surface area contributed by atoms with Crippen LogP contribution in [0.15, 0.2) is 46.5 Å². The molecule has 4 heterocycles. The van der Waals surface area contributed by atoms with Gasteiger partial charge in [-0.15, -0.1) is 0 Å². The number of benzene rings is 1. The minimum atomic E-state index is -3.99. The minimum Gasteiger partial charge on any atom is -0.385 e. The van der Waals surface area contributed by atoms with E-state index in [0.29, 0.717) is 35.6 Å². The summed E-state index contributed by atoms with van der Waals surface area (Å²) in [6.45, 7) is 4.77. The number of nitrogens with one attached hydrogen (secondary N) is 1. The lowest BCUT2D eigenvalue weighted by Gasteiger charge is -2.36. The Labute approximate surface area is 202 Å². The Kier molecular flexibility index (Phi) is 4.75. The van der Waals surface area contributed by atoms with E-state index in [-0.39, 0.29) is 26.8 Å². The van der Waals surface area contributed by atoms with Crippen LogP contribution in [-0.4, -0.2) is 46.2 Å². The number of nitriles is 1. The lowest BCUT2D eigenvalue weighted by molar-refractivity contribution is 0.181. The summed E-state index contributed by atoms with van der Waals surface area (Å²) < 4.78 is 29.5. The highest BCUT2D eigenvalue weighted by atomic mass is 32.2. The van der Waals surface area contributed by atoms with Crippen molar-refractivity contribution in [2.24, 2.45) is 11.3 Å². The summed E-state index contributed by atoms with van der Waals surface area (Å²) in [4.78, 5) is 12.4. The molecule has 2 N–H and O–H groups in total. The first kappa shape index (κ1) is 22.1. The number of rotatable bonds is 4. The molecule has 35 heavy (non-hydrogen) atoms. The summed E-state index contributed by atoms with van der Waals surface area (Å²) in [5.74, 6) is 0.493. The third-order valence-corrected chi connectivity index (χ3v) is 9.48. The summed E-state index contributed by atoms with van der Waals surface area (Å²) >= 11 is 0. The second kappa shape index (κ2) is 7.54. The molecule has 0 radical (unpaired) electrons. The summed E-state index contributed by atoms with van der Waals surface area (Å²) in [6.07, 6.45) is 3.50. The predicted octanol–water partition coefficient (Wildman–Crippen LogP) is 3.37. The van der Waals surface area contributed by atoms with E-state index in [4.69, 9.17) is 0 Å². The maximum absolute atomic E-state index is 13.8. The van der Waals surface area contributed by atoms with Crippen molar-refractivity contribution in [3.63, 3.8) is 0 Å². The minimum absolute atomic E-state index is 0.0942. The maximum atomic E-state index is 13.8. The number of aliphatic hydroxyl groups is 1. The first-order valence-electron chi connectivity index (χ1n) is 11.8. The number of piperidine rings is 1. The number of hydrogen-bond acceptors (Lipinski definition) is 7. The molecule has 1 aliphatic carbocycles. The van der Waals surface area contributed by atoms with Gasteiger partial charge in [0, 0.05) is 24.7 Å². The van der Waals surface area contributed by atoms with Gasteiger partial charge >= 0.3 is 0 Å². The zero-order chi connectivity index (χ0) is 24.5. The van der Waals surface area contributed by atoms with E-state index in [0.717, 1.165) is 24.6 Å². The van der Waals surface area contributed by atoms with Crippen molar-refractivity contribution < 1.29 is 13.5 Å². The van der Waals surface area contributed by atoms with Crippen LogP contribution in [0.25, 0.3) is 22.1 Å². The lowest BCUT2D eigenvalue weighted by atomic mass is 9.92. The van der Waals surface area contributed by atoms with E-state index < -0.39 is 15.9 Å². The number of aromatic nitrogens is 4. The molecule has 1 spiro atoms. The van der Waals surface area contributed by atoms with Crippen molar-refractivity contribution >= 4 is 31.9 Å². The van der Waals surface area contributed by atoms with Gasteiger partial charge in [0.2, 0.25) is 9.84 Å². The molecule has 4 aromatic rings. The van der Waals surface area contributed by atoms with Crippen molar-refractivity contribution in [2.75, 3.05) is 18.1 Å². The zero-order valence-corrected chi connectivity index (χ0v) is 20.4. The fourth-order valence-corrected chi connectivity index (χ4v) is 7.11. The molecule has 1 aliphatic heterocycles. The number of aromatic amines is 1. The molecule has 1 saturated carbocycles. The van der Waals surface area contributed by atoms with Crippen molar-refractivity contribution in [3.05, 3.63) is 47.9 Å². The molecule has 1 aromatic carbocycles.